The number of hydrogen-bond acceptors (Lipinski definition) is 2. The summed E-state index contributed by atoms with van der Waals surface area (Å²) in [7, 11) is 5.01. The summed E-state index contributed by atoms with van der Waals surface area (Å²) in [6, 6.07) is 11.0. The molecular formula is C47H87O2P. The minimum absolute atomic E-state index is 0.0577. The van der Waals surface area contributed by atoms with Gasteiger partial charge in [0.1, 0.15) is 0 Å². The Morgan fingerprint density at radius 2 is 0.780 bits per heavy atom. The Labute approximate surface area is 316 Å². The van der Waals surface area contributed by atoms with Crippen LogP contribution in [-0.4, -0.2) is 18.2 Å². The van der Waals surface area contributed by atoms with Gasteiger partial charge in [-0.1, -0.05) is 244 Å². The molecule has 0 heterocycles. The molecule has 0 fully saturated rings. The van der Waals surface area contributed by atoms with E-state index in [1.54, 1.807) is 7.11 Å². The van der Waals surface area contributed by atoms with Crippen LogP contribution in [0.4, 0.5) is 0 Å². The van der Waals surface area contributed by atoms with Crippen molar-refractivity contribution in [3.8, 4) is 0 Å². The second-order valence-electron chi connectivity index (χ2n) is 16.2. The standard InChI is InChI=1S/C47H87O2P/c1-5-8-11-14-17-20-23-26-29-35-40-46(45(48)49-4,41-36-30-27-24-21-18-15-12-9-6-2)47(50,43-44-38-33-32-34-39-44)42-37-31-28-25-22-19-16-13-10-7-3/h32-34,38-39H,5-31,35-37,40-43,50H2,1-4H3. The first-order valence-corrected chi connectivity index (χ1v) is 23.0. The molecule has 292 valence electrons. The van der Waals surface area contributed by atoms with Crippen molar-refractivity contribution in [2.75, 3.05) is 7.11 Å². The largest absolute Gasteiger partial charge is 0.469 e. The van der Waals surface area contributed by atoms with Crippen molar-refractivity contribution in [3.63, 3.8) is 0 Å². The Balaban J connectivity index is 2.99. The van der Waals surface area contributed by atoms with Gasteiger partial charge in [-0.3, -0.25) is 4.79 Å². The highest BCUT2D eigenvalue weighted by atomic mass is 31.0. The van der Waals surface area contributed by atoms with Gasteiger partial charge in [0, 0.05) is 5.16 Å². The molecule has 1 aromatic carbocycles. The molecule has 3 heteroatoms. The molecule has 0 aliphatic rings. The first kappa shape index (κ1) is 47.1. The Kier molecular flexibility index (Phi) is 30.9. The number of ether oxygens (including phenoxy) is 1. The van der Waals surface area contributed by atoms with Crippen LogP contribution in [0.2, 0.25) is 0 Å². The van der Waals surface area contributed by atoms with Crippen molar-refractivity contribution in [2.45, 2.75) is 244 Å². The minimum Gasteiger partial charge on any atom is -0.469 e. The minimum atomic E-state index is -0.457. The summed E-state index contributed by atoms with van der Waals surface area (Å²) >= 11 is 0. The smallest absolute Gasteiger partial charge is 0.312 e. The molecule has 1 aromatic rings. The van der Waals surface area contributed by atoms with E-state index in [-0.39, 0.29) is 11.1 Å². The van der Waals surface area contributed by atoms with Gasteiger partial charge < -0.3 is 4.74 Å². The van der Waals surface area contributed by atoms with Gasteiger partial charge in [-0.25, -0.2) is 0 Å². The average molecular weight is 715 g/mol. The van der Waals surface area contributed by atoms with E-state index in [4.69, 9.17) is 4.74 Å². The summed E-state index contributed by atoms with van der Waals surface area (Å²) < 4.78 is 5.83. The first-order valence-electron chi connectivity index (χ1n) is 22.4. The molecule has 2 atom stereocenters. The monoisotopic (exact) mass is 715 g/mol. The Bertz CT molecular complexity index is 845. The summed E-state index contributed by atoms with van der Waals surface area (Å²) in [5.74, 6) is 0.0577. The molecular weight excluding hydrogens is 627 g/mol. The summed E-state index contributed by atoms with van der Waals surface area (Å²) in [5, 5.41) is -0.194. The molecule has 0 saturated heterocycles. The van der Waals surface area contributed by atoms with Crippen LogP contribution in [0.3, 0.4) is 0 Å². The molecule has 2 nitrogen and oxygen atoms in total. The van der Waals surface area contributed by atoms with E-state index >= 15 is 0 Å². The van der Waals surface area contributed by atoms with Crippen molar-refractivity contribution in [3.05, 3.63) is 35.9 Å². The molecule has 0 aromatic heterocycles. The van der Waals surface area contributed by atoms with Crippen LogP contribution in [0, 0.1) is 5.41 Å². The lowest BCUT2D eigenvalue weighted by Crippen LogP contribution is -2.51. The van der Waals surface area contributed by atoms with Crippen molar-refractivity contribution >= 4 is 15.2 Å². The summed E-state index contributed by atoms with van der Waals surface area (Å²) in [5.41, 5.74) is 0.899. The van der Waals surface area contributed by atoms with Gasteiger partial charge >= 0.3 is 5.97 Å². The third-order valence-corrected chi connectivity index (χ3v) is 12.8. The predicted octanol–water partition coefficient (Wildman–Crippen LogP) is 15.9. The zero-order valence-electron chi connectivity index (χ0n) is 34.3. The number of benzene rings is 1. The lowest BCUT2D eigenvalue weighted by atomic mass is 9.64. The second-order valence-corrected chi connectivity index (χ2v) is 17.3. The maximum atomic E-state index is 14.3. The molecule has 0 amide bonds. The number of hydrogen-bond donors (Lipinski definition) is 0. The predicted molar refractivity (Wildman–Crippen MR) is 226 cm³/mol. The molecule has 0 aliphatic heterocycles. The highest BCUT2D eigenvalue weighted by molar-refractivity contribution is 7.19. The summed E-state index contributed by atoms with van der Waals surface area (Å²) in [6.45, 7) is 6.89. The third kappa shape index (κ3) is 21.6. The number of rotatable bonds is 37. The van der Waals surface area contributed by atoms with Gasteiger partial charge in [0.25, 0.3) is 0 Å². The number of unbranched alkanes of at least 4 members (excludes halogenated alkanes) is 27. The van der Waals surface area contributed by atoms with Crippen LogP contribution in [-0.2, 0) is 16.0 Å². The summed E-state index contributed by atoms with van der Waals surface area (Å²) in [6.07, 6.45) is 43.8. The van der Waals surface area contributed by atoms with Gasteiger partial charge in [-0.05, 0) is 31.2 Å². The van der Waals surface area contributed by atoms with Crippen LogP contribution >= 0.6 is 9.24 Å². The molecule has 1 rings (SSSR count). The topological polar surface area (TPSA) is 26.3 Å². The van der Waals surface area contributed by atoms with Crippen molar-refractivity contribution < 1.29 is 9.53 Å². The van der Waals surface area contributed by atoms with Crippen LogP contribution < -0.4 is 0 Å². The fraction of sp³-hybridized carbons (Fsp3) is 0.851. The van der Waals surface area contributed by atoms with Gasteiger partial charge in [0.05, 0.1) is 12.5 Å². The van der Waals surface area contributed by atoms with Gasteiger partial charge in [-0.15, -0.1) is 9.24 Å². The molecule has 0 saturated carbocycles. The van der Waals surface area contributed by atoms with Crippen LogP contribution in [0.15, 0.2) is 30.3 Å². The molecule has 0 spiro atoms. The Morgan fingerprint density at radius 1 is 0.480 bits per heavy atom. The molecule has 50 heavy (non-hydrogen) atoms. The van der Waals surface area contributed by atoms with Gasteiger partial charge in [-0.2, -0.15) is 0 Å². The van der Waals surface area contributed by atoms with E-state index in [2.05, 4.69) is 60.3 Å². The maximum absolute atomic E-state index is 14.3. The van der Waals surface area contributed by atoms with E-state index in [1.165, 1.54) is 185 Å². The van der Waals surface area contributed by atoms with Crippen molar-refractivity contribution in [1.29, 1.82) is 0 Å². The van der Waals surface area contributed by atoms with Crippen LogP contribution in [0.25, 0.3) is 0 Å². The number of carbonyl (C=O) groups is 1. The lowest BCUT2D eigenvalue weighted by Gasteiger charge is -2.48. The van der Waals surface area contributed by atoms with Crippen LogP contribution in [0.1, 0.15) is 238 Å². The molecule has 0 aliphatic carbocycles. The van der Waals surface area contributed by atoms with E-state index in [0.717, 1.165) is 38.5 Å². The quantitative estimate of drug-likeness (QED) is 0.0390. The third-order valence-electron chi connectivity index (χ3n) is 11.8. The normalized spacial score (nSPS) is 13.1. The SMILES string of the molecule is CCCCCCCCCCCCC(P)(Cc1ccccc1)C(CCCCCCCCCCCC)(CCCCCCCCCCCC)C(=O)OC. The number of esters is 1. The van der Waals surface area contributed by atoms with E-state index in [9.17, 15) is 4.79 Å². The molecule has 2 unspecified atom stereocenters. The molecule has 0 N–H and O–H groups in total. The highest BCUT2D eigenvalue weighted by Crippen LogP contribution is 2.53. The zero-order chi connectivity index (χ0) is 36.4. The van der Waals surface area contributed by atoms with E-state index in [0.29, 0.717) is 0 Å². The van der Waals surface area contributed by atoms with Gasteiger partial charge in [0.15, 0.2) is 0 Å². The second kappa shape index (κ2) is 32.7. The van der Waals surface area contributed by atoms with Gasteiger partial charge in [0.2, 0.25) is 0 Å². The Morgan fingerprint density at radius 3 is 1.10 bits per heavy atom. The Hall–Kier alpha value is -0.880. The fourth-order valence-electron chi connectivity index (χ4n) is 8.44. The van der Waals surface area contributed by atoms with E-state index in [1.807, 2.05) is 0 Å². The number of carbonyl (C=O) groups excluding carboxylic acids is 1. The number of methoxy groups -OCH3 is 1. The maximum Gasteiger partial charge on any atom is 0.312 e. The summed E-state index contributed by atoms with van der Waals surface area (Å²) in [4.78, 5) is 14.3. The van der Waals surface area contributed by atoms with E-state index < -0.39 is 5.41 Å². The lowest BCUT2D eigenvalue weighted by molar-refractivity contribution is -0.157. The average Bonchev–Trinajstić information content (AvgIpc) is 3.13. The van der Waals surface area contributed by atoms with Crippen LogP contribution in [0.5, 0.6) is 0 Å². The molecule has 0 bridgehead atoms. The first-order chi connectivity index (χ1) is 24.5. The molecule has 0 radical (unpaired) electrons. The van der Waals surface area contributed by atoms with Crippen molar-refractivity contribution in [2.24, 2.45) is 5.41 Å². The fourth-order valence-corrected chi connectivity index (χ4v) is 9.29. The highest BCUT2D eigenvalue weighted by Gasteiger charge is 2.53. The zero-order valence-corrected chi connectivity index (χ0v) is 35.5. The van der Waals surface area contributed by atoms with Crippen molar-refractivity contribution in [1.82, 2.24) is 0 Å².